The first-order valence-electron chi connectivity index (χ1n) is 6.23. The minimum Gasteiger partial charge on any atom is -0.472 e. The van der Waals surface area contributed by atoms with Crippen LogP contribution in [-0.2, 0) is 0 Å². The summed E-state index contributed by atoms with van der Waals surface area (Å²) in [5.41, 5.74) is 3.78. The fourth-order valence-electron chi connectivity index (χ4n) is 1.90. The van der Waals surface area contributed by atoms with Gasteiger partial charge >= 0.3 is 0 Å². The Bertz CT molecular complexity index is 562. The van der Waals surface area contributed by atoms with E-state index in [9.17, 15) is 4.79 Å². The van der Waals surface area contributed by atoms with Crippen molar-refractivity contribution in [3.05, 3.63) is 53.5 Å². The molecule has 0 fully saturated rings. The van der Waals surface area contributed by atoms with E-state index in [1.807, 2.05) is 31.2 Å². The van der Waals surface area contributed by atoms with Gasteiger partial charge in [0, 0.05) is 23.9 Å². The molecule has 0 aliphatic heterocycles. The molecule has 0 saturated heterocycles. The molecule has 1 heterocycles. The van der Waals surface area contributed by atoms with Crippen LogP contribution in [0, 0.1) is 6.92 Å². The molecule has 0 bridgehead atoms. The van der Waals surface area contributed by atoms with Crippen LogP contribution < -0.4 is 10.6 Å². The number of carbonyl (C=O) groups excluding carboxylic acids is 1. The highest BCUT2D eigenvalue weighted by Crippen LogP contribution is 2.23. The second kappa shape index (κ2) is 5.61. The molecular formula is C15H18N2O2. The van der Waals surface area contributed by atoms with Gasteiger partial charge < -0.3 is 15.1 Å². The second-order valence-corrected chi connectivity index (χ2v) is 4.53. The third kappa shape index (κ3) is 2.96. The van der Waals surface area contributed by atoms with Crippen molar-refractivity contribution in [1.82, 2.24) is 5.32 Å². The van der Waals surface area contributed by atoms with Gasteiger partial charge in [0.05, 0.1) is 18.6 Å². The van der Waals surface area contributed by atoms with Gasteiger partial charge in [0.25, 0.3) is 5.91 Å². The molecule has 0 aliphatic rings. The Balaban J connectivity index is 2.22. The normalized spacial score (nSPS) is 11.9. The first kappa shape index (κ1) is 13.2. The maximum atomic E-state index is 11.6. The van der Waals surface area contributed by atoms with E-state index < -0.39 is 0 Å². The van der Waals surface area contributed by atoms with Gasteiger partial charge in [-0.25, -0.2) is 0 Å². The van der Waals surface area contributed by atoms with Crippen LogP contribution in [0.25, 0.3) is 0 Å². The largest absolute Gasteiger partial charge is 0.472 e. The van der Waals surface area contributed by atoms with Crippen molar-refractivity contribution in [1.29, 1.82) is 0 Å². The average Bonchev–Trinajstić information content (AvgIpc) is 2.94. The van der Waals surface area contributed by atoms with Crippen molar-refractivity contribution >= 4 is 11.6 Å². The van der Waals surface area contributed by atoms with Gasteiger partial charge in [0.15, 0.2) is 0 Å². The Hall–Kier alpha value is -2.23. The highest BCUT2D eigenvalue weighted by molar-refractivity contribution is 5.95. The third-order valence-corrected chi connectivity index (χ3v) is 3.14. The molecule has 4 heteroatoms. The Morgan fingerprint density at radius 3 is 2.74 bits per heavy atom. The first-order valence-corrected chi connectivity index (χ1v) is 6.23. The minimum atomic E-state index is -0.0842. The lowest BCUT2D eigenvalue weighted by atomic mass is 10.1. The Morgan fingerprint density at radius 2 is 2.11 bits per heavy atom. The number of anilines is 1. The lowest BCUT2D eigenvalue weighted by Gasteiger charge is -2.16. The van der Waals surface area contributed by atoms with Crippen molar-refractivity contribution in [3.63, 3.8) is 0 Å². The summed E-state index contributed by atoms with van der Waals surface area (Å²) in [5.74, 6) is -0.0842. The summed E-state index contributed by atoms with van der Waals surface area (Å²) in [6, 6.07) is 7.68. The average molecular weight is 258 g/mol. The zero-order valence-corrected chi connectivity index (χ0v) is 11.4. The smallest absolute Gasteiger partial charge is 0.251 e. The van der Waals surface area contributed by atoms with Crippen molar-refractivity contribution in [2.75, 3.05) is 12.4 Å². The van der Waals surface area contributed by atoms with Crippen molar-refractivity contribution in [3.8, 4) is 0 Å². The molecule has 19 heavy (non-hydrogen) atoms. The standard InChI is InChI=1S/C15H18N2O2/c1-10-4-5-12(15(18)16-3)8-14(10)17-11(2)13-6-7-19-9-13/h4-9,11,17H,1-3H3,(H,16,18). The van der Waals surface area contributed by atoms with Crippen LogP contribution in [0.4, 0.5) is 5.69 Å². The van der Waals surface area contributed by atoms with Crippen LogP contribution in [0.15, 0.2) is 41.2 Å². The Labute approximate surface area is 112 Å². The first-order chi connectivity index (χ1) is 9.11. The summed E-state index contributed by atoms with van der Waals surface area (Å²) < 4.78 is 5.08. The molecule has 0 spiro atoms. The van der Waals surface area contributed by atoms with Crippen LogP contribution in [0.2, 0.25) is 0 Å². The summed E-state index contributed by atoms with van der Waals surface area (Å²) in [6.07, 6.45) is 3.37. The highest BCUT2D eigenvalue weighted by atomic mass is 16.3. The summed E-state index contributed by atoms with van der Waals surface area (Å²) in [4.78, 5) is 11.6. The predicted octanol–water partition coefficient (Wildman–Crippen LogP) is 3.12. The quantitative estimate of drug-likeness (QED) is 0.886. The van der Waals surface area contributed by atoms with E-state index in [1.165, 1.54) is 0 Å². The molecule has 2 aromatic rings. The Morgan fingerprint density at radius 1 is 1.32 bits per heavy atom. The predicted molar refractivity (Wildman–Crippen MR) is 75.3 cm³/mol. The van der Waals surface area contributed by atoms with Gasteiger partial charge in [-0.2, -0.15) is 0 Å². The molecular weight excluding hydrogens is 240 g/mol. The molecule has 1 atom stereocenters. The number of aryl methyl sites for hydroxylation is 1. The molecule has 0 aliphatic carbocycles. The number of hydrogen-bond donors (Lipinski definition) is 2. The lowest BCUT2D eigenvalue weighted by molar-refractivity contribution is 0.0963. The molecule has 4 nitrogen and oxygen atoms in total. The van der Waals surface area contributed by atoms with Gasteiger partial charge in [0.1, 0.15) is 0 Å². The molecule has 1 amide bonds. The van der Waals surface area contributed by atoms with E-state index in [0.717, 1.165) is 16.8 Å². The molecule has 1 aromatic carbocycles. The molecule has 1 aromatic heterocycles. The number of benzene rings is 1. The number of rotatable bonds is 4. The van der Waals surface area contributed by atoms with Crippen LogP contribution in [0.5, 0.6) is 0 Å². The van der Waals surface area contributed by atoms with Gasteiger partial charge in [-0.15, -0.1) is 0 Å². The third-order valence-electron chi connectivity index (χ3n) is 3.14. The molecule has 1 unspecified atom stereocenters. The molecule has 100 valence electrons. The maximum Gasteiger partial charge on any atom is 0.251 e. The zero-order valence-electron chi connectivity index (χ0n) is 11.4. The molecule has 2 N–H and O–H groups in total. The highest BCUT2D eigenvalue weighted by Gasteiger charge is 2.10. The van der Waals surface area contributed by atoms with E-state index in [4.69, 9.17) is 4.42 Å². The number of hydrogen-bond acceptors (Lipinski definition) is 3. The van der Waals surface area contributed by atoms with Gasteiger partial charge in [-0.05, 0) is 37.6 Å². The number of nitrogens with one attached hydrogen (secondary N) is 2. The van der Waals surface area contributed by atoms with Gasteiger partial charge in [-0.1, -0.05) is 6.07 Å². The SMILES string of the molecule is CNC(=O)c1ccc(C)c(NC(C)c2ccoc2)c1. The maximum absolute atomic E-state index is 11.6. The van der Waals surface area contributed by atoms with E-state index in [-0.39, 0.29) is 11.9 Å². The summed E-state index contributed by atoms with van der Waals surface area (Å²) in [5, 5.41) is 6.02. The van der Waals surface area contributed by atoms with E-state index >= 15 is 0 Å². The minimum absolute atomic E-state index is 0.0842. The van der Waals surface area contributed by atoms with Crippen molar-refractivity contribution in [2.45, 2.75) is 19.9 Å². The van der Waals surface area contributed by atoms with E-state index in [1.54, 1.807) is 19.6 Å². The van der Waals surface area contributed by atoms with E-state index in [2.05, 4.69) is 17.6 Å². The topological polar surface area (TPSA) is 54.3 Å². The Kier molecular flexibility index (Phi) is 3.90. The van der Waals surface area contributed by atoms with Gasteiger partial charge in [-0.3, -0.25) is 4.79 Å². The number of furan rings is 1. The monoisotopic (exact) mass is 258 g/mol. The van der Waals surface area contributed by atoms with Crippen molar-refractivity contribution < 1.29 is 9.21 Å². The number of amides is 1. The van der Waals surface area contributed by atoms with Crippen LogP contribution in [-0.4, -0.2) is 13.0 Å². The number of carbonyl (C=O) groups is 1. The fraction of sp³-hybridized carbons (Fsp3) is 0.267. The lowest BCUT2D eigenvalue weighted by Crippen LogP contribution is -2.18. The summed E-state index contributed by atoms with van der Waals surface area (Å²) in [7, 11) is 1.63. The second-order valence-electron chi connectivity index (χ2n) is 4.53. The summed E-state index contributed by atoms with van der Waals surface area (Å²) in [6.45, 7) is 4.06. The molecule has 0 radical (unpaired) electrons. The van der Waals surface area contributed by atoms with Crippen LogP contribution in [0.3, 0.4) is 0 Å². The summed E-state index contributed by atoms with van der Waals surface area (Å²) >= 11 is 0. The molecule has 0 saturated carbocycles. The van der Waals surface area contributed by atoms with Crippen molar-refractivity contribution in [2.24, 2.45) is 0 Å². The van der Waals surface area contributed by atoms with E-state index in [0.29, 0.717) is 5.56 Å². The van der Waals surface area contributed by atoms with Crippen LogP contribution >= 0.6 is 0 Å². The van der Waals surface area contributed by atoms with Gasteiger partial charge in [0.2, 0.25) is 0 Å². The van der Waals surface area contributed by atoms with Crippen LogP contribution in [0.1, 0.15) is 34.5 Å². The molecule has 2 rings (SSSR count). The fourth-order valence-corrected chi connectivity index (χ4v) is 1.90. The zero-order chi connectivity index (χ0) is 13.8.